The lowest BCUT2D eigenvalue weighted by atomic mass is 10.0. The van der Waals surface area contributed by atoms with E-state index in [4.69, 9.17) is 9.97 Å². The van der Waals surface area contributed by atoms with Crippen LogP contribution in [0.15, 0.2) is 206 Å². The van der Waals surface area contributed by atoms with Gasteiger partial charge in [-0.15, -0.1) is 0 Å². The van der Waals surface area contributed by atoms with Crippen molar-refractivity contribution in [2.75, 3.05) is 0 Å². The molecule has 262 valence electrons. The predicted octanol–water partition coefficient (Wildman–Crippen LogP) is 13.3. The van der Waals surface area contributed by atoms with E-state index in [2.05, 4.69) is 203 Å². The highest BCUT2D eigenvalue weighted by atomic mass is 15.0. The van der Waals surface area contributed by atoms with Crippen LogP contribution in [0.5, 0.6) is 0 Å². The fourth-order valence-electron chi connectivity index (χ4n) is 8.34. The normalized spacial score (nSPS) is 11.6. The summed E-state index contributed by atoms with van der Waals surface area (Å²) in [4.78, 5) is 10.5. The van der Waals surface area contributed by atoms with Crippen LogP contribution in [-0.2, 0) is 0 Å². The third-order valence-corrected chi connectivity index (χ3v) is 10.9. The molecule has 0 aliphatic rings. The van der Waals surface area contributed by atoms with E-state index in [0.29, 0.717) is 5.82 Å². The smallest absolute Gasteiger partial charge is 0.160 e. The maximum atomic E-state index is 5.25. The zero-order chi connectivity index (χ0) is 37.0. The average Bonchev–Trinajstić information content (AvgIpc) is 3.80. The van der Waals surface area contributed by atoms with E-state index in [0.717, 1.165) is 61.6 Å². The lowest BCUT2D eigenvalue weighted by molar-refractivity contribution is 1.15. The Labute approximate surface area is 324 Å². The van der Waals surface area contributed by atoms with Crippen molar-refractivity contribution in [1.82, 2.24) is 19.1 Å². The minimum absolute atomic E-state index is 0.679. The number of para-hydroxylation sites is 3. The van der Waals surface area contributed by atoms with Crippen molar-refractivity contribution in [2.24, 2.45) is 0 Å². The molecule has 0 aliphatic heterocycles. The molecule has 3 heterocycles. The van der Waals surface area contributed by atoms with E-state index >= 15 is 0 Å². The quantitative estimate of drug-likeness (QED) is 0.172. The molecule has 11 aromatic rings. The molecule has 56 heavy (non-hydrogen) atoms. The number of benzene rings is 8. The van der Waals surface area contributed by atoms with Gasteiger partial charge in [0.1, 0.15) is 0 Å². The molecule has 0 atom stereocenters. The topological polar surface area (TPSA) is 35.6 Å². The Morgan fingerprint density at radius 3 is 1.25 bits per heavy atom. The average molecular weight is 715 g/mol. The number of fused-ring (bicyclic) bond motifs is 6. The van der Waals surface area contributed by atoms with Crippen molar-refractivity contribution in [1.29, 1.82) is 0 Å². The van der Waals surface area contributed by atoms with Gasteiger partial charge in [-0.1, -0.05) is 146 Å². The van der Waals surface area contributed by atoms with Crippen molar-refractivity contribution in [3.63, 3.8) is 0 Å². The summed E-state index contributed by atoms with van der Waals surface area (Å²) in [5.41, 5.74) is 13.9. The third kappa shape index (κ3) is 5.31. The molecule has 0 amide bonds. The second-order valence-corrected chi connectivity index (χ2v) is 14.3. The molecule has 8 aromatic carbocycles. The highest BCUT2D eigenvalue weighted by Gasteiger charge is 2.19. The Morgan fingerprint density at radius 2 is 0.696 bits per heavy atom. The van der Waals surface area contributed by atoms with Gasteiger partial charge in [0.15, 0.2) is 5.82 Å². The van der Waals surface area contributed by atoms with Crippen LogP contribution < -0.4 is 0 Å². The second kappa shape index (κ2) is 13.1. The third-order valence-electron chi connectivity index (χ3n) is 10.9. The number of hydrogen-bond acceptors (Lipinski definition) is 2. The predicted molar refractivity (Wildman–Crippen MR) is 232 cm³/mol. The summed E-state index contributed by atoms with van der Waals surface area (Å²) in [6, 6.07) is 73.2. The SMILES string of the molecule is c1ccc(-c2cc(-c3nc(-c4ccccc4)cc(-c4ccccc4)n3)cc(-n3c4ccccc4c4cc(-n5c6ccccc6c6ccccc65)ccc43)c2)cc1. The van der Waals surface area contributed by atoms with Gasteiger partial charge in [-0.3, -0.25) is 0 Å². The van der Waals surface area contributed by atoms with Gasteiger partial charge in [0.05, 0.1) is 33.5 Å². The van der Waals surface area contributed by atoms with Gasteiger partial charge in [0.2, 0.25) is 0 Å². The molecule has 0 saturated heterocycles. The summed E-state index contributed by atoms with van der Waals surface area (Å²) in [6.45, 7) is 0. The first-order valence-electron chi connectivity index (χ1n) is 19.0. The standard InChI is InChI=1S/C52H34N4/c1-4-16-35(17-5-1)38-30-39(52-53-46(36-18-6-2-7-19-36)34-47(54-52)37-20-8-3-9-21-37)32-41(31-38)56-50-27-15-12-24-44(50)45-33-40(28-29-51(45)56)55-48-25-13-10-22-42(48)43-23-11-14-26-49(43)55/h1-34H. The molecule has 0 saturated carbocycles. The molecule has 0 N–H and O–H groups in total. The fraction of sp³-hybridized carbons (Fsp3) is 0. The fourth-order valence-corrected chi connectivity index (χ4v) is 8.34. The van der Waals surface area contributed by atoms with Crippen molar-refractivity contribution in [3.05, 3.63) is 206 Å². The van der Waals surface area contributed by atoms with Gasteiger partial charge in [0.25, 0.3) is 0 Å². The Balaban J connectivity index is 1.16. The minimum Gasteiger partial charge on any atom is -0.309 e. The molecule has 0 fully saturated rings. The summed E-state index contributed by atoms with van der Waals surface area (Å²) in [5, 5.41) is 4.90. The van der Waals surface area contributed by atoms with Gasteiger partial charge in [-0.2, -0.15) is 0 Å². The molecule has 11 rings (SSSR count). The van der Waals surface area contributed by atoms with E-state index in [-0.39, 0.29) is 0 Å². The van der Waals surface area contributed by atoms with Gasteiger partial charge in [-0.25, -0.2) is 9.97 Å². The van der Waals surface area contributed by atoms with Crippen LogP contribution in [-0.4, -0.2) is 19.1 Å². The maximum absolute atomic E-state index is 5.25. The summed E-state index contributed by atoms with van der Waals surface area (Å²) in [7, 11) is 0. The van der Waals surface area contributed by atoms with Crippen molar-refractivity contribution < 1.29 is 0 Å². The largest absolute Gasteiger partial charge is 0.309 e. The first-order valence-corrected chi connectivity index (χ1v) is 19.0. The Hall–Kier alpha value is -7.56. The van der Waals surface area contributed by atoms with Crippen LogP contribution in [0.2, 0.25) is 0 Å². The summed E-state index contributed by atoms with van der Waals surface area (Å²) >= 11 is 0. The molecule has 0 radical (unpaired) electrons. The number of aromatic nitrogens is 4. The van der Waals surface area contributed by atoms with Crippen molar-refractivity contribution >= 4 is 43.6 Å². The van der Waals surface area contributed by atoms with E-state index in [1.54, 1.807) is 0 Å². The lowest BCUT2D eigenvalue weighted by Crippen LogP contribution is -1.99. The van der Waals surface area contributed by atoms with E-state index in [1.165, 1.54) is 32.6 Å². The van der Waals surface area contributed by atoms with Crippen LogP contribution >= 0.6 is 0 Å². The molecule has 0 unspecified atom stereocenters. The molecular formula is C52H34N4. The van der Waals surface area contributed by atoms with E-state index < -0.39 is 0 Å². The molecule has 0 bridgehead atoms. The van der Waals surface area contributed by atoms with E-state index in [9.17, 15) is 0 Å². The molecule has 3 aromatic heterocycles. The molecule has 0 aliphatic carbocycles. The highest BCUT2D eigenvalue weighted by Crippen LogP contribution is 2.39. The zero-order valence-electron chi connectivity index (χ0n) is 30.4. The minimum atomic E-state index is 0.679. The Morgan fingerprint density at radius 1 is 0.268 bits per heavy atom. The van der Waals surface area contributed by atoms with Crippen LogP contribution in [0.3, 0.4) is 0 Å². The van der Waals surface area contributed by atoms with Crippen LogP contribution in [0, 0.1) is 0 Å². The summed E-state index contributed by atoms with van der Waals surface area (Å²) < 4.78 is 4.79. The summed E-state index contributed by atoms with van der Waals surface area (Å²) in [6.07, 6.45) is 0. The molecule has 4 heteroatoms. The highest BCUT2D eigenvalue weighted by molar-refractivity contribution is 6.12. The Kier molecular flexibility index (Phi) is 7.46. The van der Waals surface area contributed by atoms with Gasteiger partial charge < -0.3 is 9.13 Å². The van der Waals surface area contributed by atoms with Crippen LogP contribution in [0.4, 0.5) is 0 Å². The number of rotatable bonds is 6. The van der Waals surface area contributed by atoms with Crippen molar-refractivity contribution in [3.8, 4) is 56.4 Å². The van der Waals surface area contributed by atoms with Crippen LogP contribution in [0.25, 0.3) is 100 Å². The molecule has 4 nitrogen and oxygen atoms in total. The summed E-state index contributed by atoms with van der Waals surface area (Å²) in [5.74, 6) is 0.679. The lowest BCUT2D eigenvalue weighted by Gasteiger charge is -2.15. The first-order chi connectivity index (χ1) is 27.8. The van der Waals surface area contributed by atoms with Gasteiger partial charge in [0, 0.05) is 49.6 Å². The second-order valence-electron chi connectivity index (χ2n) is 14.3. The van der Waals surface area contributed by atoms with E-state index in [1.807, 2.05) is 12.1 Å². The zero-order valence-corrected chi connectivity index (χ0v) is 30.4. The van der Waals surface area contributed by atoms with Crippen molar-refractivity contribution in [2.45, 2.75) is 0 Å². The number of nitrogens with zero attached hydrogens (tertiary/aromatic N) is 4. The Bertz CT molecular complexity index is 3120. The van der Waals surface area contributed by atoms with Gasteiger partial charge >= 0.3 is 0 Å². The number of hydrogen-bond donors (Lipinski definition) is 0. The molecular weight excluding hydrogens is 681 g/mol. The molecule has 0 spiro atoms. The monoisotopic (exact) mass is 714 g/mol. The maximum Gasteiger partial charge on any atom is 0.160 e. The van der Waals surface area contributed by atoms with Gasteiger partial charge in [-0.05, 0) is 71.8 Å². The first kappa shape index (κ1) is 31.9. The van der Waals surface area contributed by atoms with Crippen LogP contribution in [0.1, 0.15) is 0 Å².